The van der Waals surface area contributed by atoms with Crippen molar-refractivity contribution in [3.63, 3.8) is 0 Å². The Balaban J connectivity index is 2.03. The van der Waals surface area contributed by atoms with Gasteiger partial charge in [-0.15, -0.1) is 0 Å². The highest BCUT2D eigenvalue weighted by atomic mass is 32.2. The summed E-state index contributed by atoms with van der Waals surface area (Å²) in [6, 6.07) is 9.44. The molecule has 0 aliphatic carbocycles. The Morgan fingerprint density at radius 3 is 2.95 bits per heavy atom. The molecule has 2 rings (SSSR count). The van der Waals surface area contributed by atoms with E-state index in [2.05, 4.69) is 15.4 Å². The minimum Gasteiger partial charge on any atom is -0.489 e. The van der Waals surface area contributed by atoms with Crippen molar-refractivity contribution in [2.75, 3.05) is 12.9 Å². The van der Waals surface area contributed by atoms with E-state index < -0.39 is 0 Å². The Labute approximate surface area is 133 Å². The number of thioether (sulfide) groups is 1. The number of aryl methyl sites for hydroxylation is 1. The average Bonchev–Trinajstić information content (AvgIpc) is 2.94. The van der Waals surface area contributed by atoms with Crippen LogP contribution in [0.4, 0.5) is 5.69 Å². The van der Waals surface area contributed by atoms with Crippen LogP contribution in [-0.4, -0.2) is 27.8 Å². The average molecular weight is 315 g/mol. The number of nitrogens with one attached hydrogen (secondary N) is 1. The molecule has 7 heteroatoms. The van der Waals surface area contributed by atoms with E-state index in [0.29, 0.717) is 29.8 Å². The fourth-order valence-electron chi connectivity index (χ4n) is 1.79. The van der Waals surface area contributed by atoms with Gasteiger partial charge in [0.1, 0.15) is 18.0 Å². The third-order valence-electron chi connectivity index (χ3n) is 2.80. The highest BCUT2D eigenvalue weighted by Gasteiger charge is 2.04. The van der Waals surface area contributed by atoms with Crippen molar-refractivity contribution in [2.45, 2.75) is 13.5 Å². The molecular formula is C15H17N5OS. The molecule has 0 spiro atoms. The summed E-state index contributed by atoms with van der Waals surface area (Å²) in [5.74, 6) is 0.678. The highest BCUT2D eigenvalue weighted by Crippen LogP contribution is 2.27. The van der Waals surface area contributed by atoms with Crippen LogP contribution in [0.15, 0.2) is 41.5 Å². The van der Waals surface area contributed by atoms with Crippen LogP contribution in [-0.2, 0) is 6.54 Å². The summed E-state index contributed by atoms with van der Waals surface area (Å²) in [5, 5.41) is 16.1. The number of nitrogens with zero attached hydrogens (tertiary/aromatic N) is 4. The molecule has 0 aliphatic rings. The van der Waals surface area contributed by atoms with E-state index in [0.717, 1.165) is 5.69 Å². The number of rotatable bonds is 5. The molecule has 0 radical (unpaired) electrons. The van der Waals surface area contributed by atoms with Crippen LogP contribution < -0.4 is 10.1 Å². The Morgan fingerprint density at radius 1 is 1.45 bits per heavy atom. The summed E-state index contributed by atoms with van der Waals surface area (Å²) in [6.45, 7) is 3.11. The van der Waals surface area contributed by atoms with Gasteiger partial charge in [-0.3, -0.25) is 10.00 Å². The molecule has 1 aromatic carbocycles. The van der Waals surface area contributed by atoms with Crippen LogP contribution in [0.2, 0.25) is 0 Å². The first-order valence-corrected chi connectivity index (χ1v) is 7.95. The zero-order valence-corrected chi connectivity index (χ0v) is 13.3. The molecule has 1 heterocycles. The molecule has 0 saturated heterocycles. The maximum Gasteiger partial charge on any atom is 0.183 e. The van der Waals surface area contributed by atoms with E-state index in [9.17, 15) is 0 Å². The lowest BCUT2D eigenvalue weighted by atomic mass is 10.3. The molecule has 114 valence electrons. The fraction of sp³-hybridized carbons (Fsp3) is 0.267. The fourth-order valence-corrected chi connectivity index (χ4v) is 2.13. The topological polar surface area (TPSA) is 75.2 Å². The van der Waals surface area contributed by atoms with Gasteiger partial charge >= 0.3 is 0 Å². The second kappa shape index (κ2) is 8.10. The van der Waals surface area contributed by atoms with E-state index >= 15 is 0 Å². The first-order valence-electron chi connectivity index (χ1n) is 6.72. The number of hydrogen-bond donors (Lipinski definition) is 1. The highest BCUT2D eigenvalue weighted by molar-refractivity contribution is 8.13. The molecule has 0 fully saturated rings. The second-order valence-corrected chi connectivity index (χ2v) is 5.19. The number of benzene rings is 1. The van der Waals surface area contributed by atoms with Crippen molar-refractivity contribution in [3.8, 4) is 11.9 Å². The molecule has 1 aromatic heterocycles. The maximum atomic E-state index is 8.69. The Hall–Kier alpha value is -2.46. The zero-order valence-electron chi connectivity index (χ0n) is 12.5. The predicted octanol–water partition coefficient (Wildman–Crippen LogP) is 2.69. The predicted molar refractivity (Wildman–Crippen MR) is 88.3 cm³/mol. The van der Waals surface area contributed by atoms with Crippen molar-refractivity contribution in [1.29, 1.82) is 5.26 Å². The normalized spacial score (nSPS) is 11.0. The van der Waals surface area contributed by atoms with Crippen LogP contribution in [0.25, 0.3) is 0 Å². The third-order valence-corrected chi connectivity index (χ3v) is 3.38. The van der Waals surface area contributed by atoms with Gasteiger partial charge in [0.05, 0.1) is 12.2 Å². The number of nitriles is 1. The van der Waals surface area contributed by atoms with Gasteiger partial charge in [-0.25, -0.2) is 4.99 Å². The summed E-state index contributed by atoms with van der Waals surface area (Å²) in [4.78, 5) is 4.40. The Bertz CT molecular complexity index is 689. The molecule has 0 aliphatic heterocycles. The molecule has 2 aromatic rings. The lowest BCUT2D eigenvalue weighted by Crippen LogP contribution is -2.12. The van der Waals surface area contributed by atoms with Gasteiger partial charge in [-0.2, -0.15) is 10.4 Å². The molecule has 0 atom stereocenters. The van der Waals surface area contributed by atoms with Gasteiger partial charge in [0.2, 0.25) is 0 Å². The lowest BCUT2D eigenvalue weighted by Gasteiger charge is -2.09. The number of amidine groups is 1. The number of aromatic nitrogens is 2. The molecule has 0 unspecified atom stereocenters. The number of ether oxygens (including phenoxy) is 1. The van der Waals surface area contributed by atoms with E-state index in [1.807, 2.05) is 60.6 Å². The van der Waals surface area contributed by atoms with Crippen LogP contribution >= 0.6 is 11.8 Å². The molecule has 22 heavy (non-hydrogen) atoms. The zero-order chi connectivity index (χ0) is 15.8. The summed E-state index contributed by atoms with van der Waals surface area (Å²) in [5.41, 5.74) is 1.67. The van der Waals surface area contributed by atoms with Gasteiger partial charge in [-0.05, 0) is 31.4 Å². The van der Waals surface area contributed by atoms with Gasteiger partial charge in [0.25, 0.3) is 0 Å². The van der Waals surface area contributed by atoms with Crippen LogP contribution in [0.1, 0.15) is 5.69 Å². The van der Waals surface area contributed by atoms with Crippen LogP contribution in [0, 0.1) is 18.4 Å². The van der Waals surface area contributed by atoms with E-state index in [1.165, 1.54) is 11.8 Å². The molecule has 0 amide bonds. The van der Waals surface area contributed by atoms with Crippen LogP contribution in [0.3, 0.4) is 0 Å². The Kier molecular flexibility index (Phi) is 5.86. The first kappa shape index (κ1) is 15.9. The summed E-state index contributed by atoms with van der Waals surface area (Å²) < 4.78 is 7.63. The van der Waals surface area contributed by atoms with E-state index in [-0.39, 0.29) is 0 Å². The number of para-hydroxylation sites is 2. The van der Waals surface area contributed by atoms with Gasteiger partial charge in [0, 0.05) is 6.20 Å². The van der Waals surface area contributed by atoms with Crippen molar-refractivity contribution >= 4 is 22.6 Å². The van der Waals surface area contributed by atoms with Crippen molar-refractivity contribution in [3.05, 3.63) is 42.2 Å². The third kappa shape index (κ3) is 4.53. The van der Waals surface area contributed by atoms with Crippen molar-refractivity contribution < 1.29 is 4.74 Å². The minimum absolute atomic E-state index is 0.494. The molecule has 0 bridgehead atoms. The summed E-state index contributed by atoms with van der Waals surface area (Å²) in [6.07, 6.45) is 5.65. The van der Waals surface area contributed by atoms with Crippen molar-refractivity contribution in [1.82, 2.24) is 15.1 Å². The van der Waals surface area contributed by atoms with E-state index in [1.54, 1.807) is 0 Å². The first-order chi connectivity index (χ1) is 10.7. The van der Waals surface area contributed by atoms with Crippen molar-refractivity contribution in [2.24, 2.45) is 4.99 Å². The quantitative estimate of drug-likeness (QED) is 0.397. The lowest BCUT2D eigenvalue weighted by molar-refractivity contribution is 0.292. The molecule has 6 nitrogen and oxygen atoms in total. The van der Waals surface area contributed by atoms with Gasteiger partial charge in [-0.1, -0.05) is 23.9 Å². The maximum absolute atomic E-state index is 8.69. The second-order valence-electron chi connectivity index (χ2n) is 4.39. The molecule has 0 saturated carbocycles. The molecular weight excluding hydrogens is 298 g/mol. The van der Waals surface area contributed by atoms with Crippen LogP contribution in [0.5, 0.6) is 5.75 Å². The summed E-state index contributed by atoms with van der Waals surface area (Å²) in [7, 11) is 0. The van der Waals surface area contributed by atoms with E-state index in [4.69, 9.17) is 10.00 Å². The van der Waals surface area contributed by atoms with Gasteiger partial charge in [0.15, 0.2) is 11.4 Å². The minimum atomic E-state index is 0.494. The monoisotopic (exact) mass is 315 g/mol. The largest absolute Gasteiger partial charge is 0.489 e. The number of hydrogen-bond acceptors (Lipinski definition) is 5. The SMILES string of the molecule is CSC(=Nc1ccccc1OCCn1ccc(C)n1)NC#N. The Morgan fingerprint density at radius 2 is 2.27 bits per heavy atom. The van der Waals surface area contributed by atoms with Gasteiger partial charge < -0.3 is 4.74 Å². The molecule has 1 N–H and O–H groups in total. The smallest absolute Gasteiger partial charge is 0.183 e. The number of aliphatic imine (C=N–C) groups is 1. The standard InChI is InChI=1S/C15H17N5OS/c1-12-7-8-20(19-12)9-10-21-14-6-4-3-5-13(14)18-15(22-2)17-11-16/h3-8H,9-10H2,1-2H3,(H,17,18). The summed E-state index contributed by atoms with van der Waals surface area (Å²) >= 11 is 1.37.